The van der Waals surface area contributed by atoms with E-state index in [4.69, 9.17) is 0 Å². The Morgan fingerprint density at radius 1 is 1.00 bits per heavy atom. The molecule has 0 aromatic heterocycles. The molecule has 0 aliphatic carbocycles. The number of hydrogen-bond acceptors (Lipinski definition) is 2. The van der Waals surface area contributed by atoms with Crippen LogP contribution in [0.3, 0.4) is 0 Å². The Balaban J connectivity index is 1.53. The van der Waals surface area contributed by atoms with Gasteiger partial charge in [0.05, 0.1) is 5.41 Å². The lowest BCUT2D eigenvalue weighted by molar-refractivity contribution is -0.120. The summed E-state index contributed by atoms with van der Waals surface area (Å²) in [5, 5.41) is 5.06. The average molecular weight is 356 g/mol. The fraction of sp³-hybridized carbons (Fsp3) is 0.217. The van der Waals surface area contributed by atoms with Crippen molar-refractivity contribution >= 4 is 28.3 Å². The Hall–Kier alpha value is -3.14. The molecule has 1 N–H and O–H groups in total. The molecule has 3 aromatic carbocycles. The lowest BCUT2D eigenvalue weighted by atomic mass is 9.81. The van der Waals surface area contributed by atoms with E-state index in [0.717, 1.165) is 27.6 Å². The molecule has 2 aliphatic rings. The summed E-state index contributed by atoms with van der Waals surface area (Å²) in [5.41, 5.74) is 3.13. The van der Waals surface area contributed by atoms with Crippen LogP contribution in [0.25, 0.3) is 10.8 Å². The van der Waals surface area contributed by atoms with Crippen LogP contribution in [0.5, 0.6) is 0 Å². The minimum absolute atomic E-state index is 0.000237. The van der Waals surface area contributed by atoms with Crippen LogP contribution < -0.4 is 5.32 Å². The topological polar surface area (TPSA) is 49.4 Å². The van der Waals surface area contributed by atoms with Crippen molar-refractivity contribution in [2.24, 2.45) is 0 Å². The standard InChI is InChI=1S/C23H20N2O2/c1-15-10-11-18(17-7-3-2-6-16(15)17)21(26)25-13-12-23(14-25)19-8-4-5-9-20(19)24-22(23)27/h2-11H,12-14H2,1H3,(H,24,27). The molecule has 4 heteroatoms. The van der Waals surface area contributed by atoms with E-state index < -0.39 is 5.41 Å². The number of para-hydroxylation sites is 1. The minimum Gasteiger partial charge on any atom is -0.337 e. The van der Waals surface area contributed by atoms with Crippen LogP contribution in [-0.4, -0.2) is 29.8 Å². The quantitative estimate of drug-likeness (QED) is 0.719. The van der Waals surface area contributed by atoms with Crippen LogP contribution in [-0.2, 0) is 10.2 Å². The highest BCUT2D eigenvalue weighted by Gasteiger charge is 2.52. The van der Waals surface area contributed by atoms with Gasteiger partial charge in [0.15, 0.2) is 0 Å². The first-order valence-electron chi connectivity index (χ1n) is 9.29. The van der Waals surface area contributed by atoms with Gasteiger partial charge in [-0.3, -0.25) is 9.59 Å². The maximum Gasteiger partial charge on any atom is 0.254 e. The first-order valence-corrected chi connectivity index (χ1v) is 9.29. The zero-order chi connectivity index (χ0) is 18.6. The predicted molar refractivity (Wildman–Crippen MR) is 106 cm³/mol. The van der Waals surface area contributed by atoms with Crippen molar-refractivity contribution in [3.8, 4) is 0 Å². The largest absolute Gasteiger partial charge is 0.337 e. The lowest BCUT2D eigenvalue weighted by Crippen LogP contribution is -2.39. The second-order valence-electron chi connectivity index (χ2n) is 7.53. The van der Waals surface area contributed by atoms with E-state index in [0.29, 0.717) is 25.1 Å². The molecule has 3 aromatic rings. The number of benzene rings is 3. The summed E-state index contributed by atoms with van der Waals surface area (Å²) in [5.74, 6) is 0.00743. The SMILES string of the molecule is Cc1ccc(C(=O)N2CCC3(C2)C(=O)Nc2ccccc23)c2ccccc12. The van der Waals surface area contributed by atoms with Gasteiger partial charge in [0.25, 0.3) is 5.91 Å². The molecule has 134 valence electrons. The third-order valence-electron chi connectivity index (χ3n) is 6.05. The number of carbonyl (C=O) groups excluding carboxylic acids is 2. The second-order valence-corrected chi connectivity index (χ2v) is 7.53. The highest BCUT2D eigenvalue weighted by atomic mass is 16.2. The molecule has 0 saturated carbocycles. The van der Waals surface area contributed by atoms with Gasteiger partial charge in [0, 0.05) is 24.3 Å². The van der Waals surface area contributed by atoms with E-state index in [1.165, 1.54) is 0 Å². The summed E-state index contributed by atoms with van der Waals surface area (Å²) in [7, 11) is 0. The molecule has 1 unspecified atom stereocenters. The molecule has 4 nitrogen and oxygen atoms in total. The van der Waals surface area contributed by atoms with Crippen LogP contribution in [0, 0.1) is 6.92 Å². The maximum absolute atomic E-state index is 13.3. The van der Waals surface area contributed by atoms with Gasteiger partial charge in [-0.15, -0.1) is 0 Å². The van der Waals surface area contributed by atoms with Crippen molar-refractivity contribution in [2.75, 3.05) is 18.4 Å². The van der Waals surface area contributed by atoms with Gasteiger partial charge in [0.1, 0.15) is 0 Å². The Labute approximate surface area is 157 Å². The highest BCUT2D eigenvalue weighted by molar-refractivity contribution is 6.10. The number of likely N-dealkylation sites (tertiary alicyclic amines) is 1. The molecular weight excluding hydrogens is 336 g/mol. The van der Waals surface area contributed by atoms with Crippen molar-refractivity contribution < 1.29 is 9.59 Å². The Kier molecular flexibility index (Phi) is 3.38. The molecule has 1 spiro atoms. The average Bonchev–Trinajstić information content (AvgIpc) is 3.25. The van der Waals surface area contributed by atoms with Crippen molar-refractivity contribution in [1.82, 2.24) is 4.90 Å². The molecule has 2 amide bonds. The van der Waals surface area contributed by atoms with E-state index in [-0.39, 0.29) is 11.8 Å². The number of carbonyl (C=O) groups is 2. The van der Waals surface area contributed by atoms with Crippen molar-refractivity contribution in [3.63, 3.8) is 0 Å². The Morgan fingerprint density at radius 3 is 2.59 bits per heavy atom. The number of nitrogens with zero attached hydrogens (tertiary/aromatic N) is 1. The molecule has 27 heavy (non-hydrogen) atoms. The number of aryl methyl sites for hydroxylation is 1. The number of fused-ring (bicyclic) bond motifs is 3. The predicted octanol–water partition coefficient (Wildman–Crippen LogP) is 3.88. The fourth-order valence-corrected chi connectivity index (χ4v) is 4.57. The molecule has 2 aliphatic heterocycles. The molecule has 1 saturated heterocycles. The molecule has 0 bridgehead atoms. The molecule has 1 atom stereocenters. The van der Waals surface area contributed by atoms with Gasteiger partial charge < -0.3 is 10.2 Å². The molecule has 1 fully saturated rings. The van der Waals surface area contributed by atoms with E-state index in [1.54, 1.807) is 0 Å². The molecular formula is C23H20N2O2. The van der Waals surface area contributed by atoms with E-state index in [9.17, 15) is 9.59 Å². The Bertz CT molecular complexity index is 1100. The van der Waals surface area contributed by atoms with Crippen molar-refractivity contribution in [3.05, 3.63) is 77.4 Å². The minimum atomic E-state index is -0.618. The molecule has 0 radical (unpaired) electrons. The van der Waals surface area contributed by atoms with Crippen molar-refractivity contribution in [2.45, 2.75) is 18.8 Å². The maximum atomic E-state index is 13.3. The van der Waals surface area contributed by atoms with Gasteiger partial charge in [-0.2, -0.15) is 0 Å². The van der Waals surface area contributed by atoms with Crippen LogP contribution in [0.4, 0.5) is 5.69 Å². The Morgan fingerprint density at radius 2 is 1.74 bits per heavy atom. The van der Waals surface area contributed by atoms with Gasteiger partial charge in [-0.25, -0.2) is 0 Å². The van der Waals surface area contributed by atoms with Crippen LogP contribution >= 0.6 is 0 Å². The summed E-state index contributed by atoms with van der Waals surface area (Å²) in [6.45, 7) is 3.07. The summed E-state index contributed by atoms with van der Waals surface area (Å²) < 4.78 is 0. The number of rotatable bonds is 1. The van der Waals surface area contributed by atoms with E-state index >= 15 is 0 Å². The third-order valence-corrected chi connectivity index (χ3v) is 6.05. The van der Waals surface area contributed by atoms with Gasteiger partial charge in [-0.1, -0.05) is 48.5 Å². The van der Waals surface area contributed by atoms with E-state index in [2.05, 4.69) is 12.2 Å². The fourth-order valence-electron chi connectivity index (χ4n) is 4.57. The molecule has 5 rings (SSSR count). The first kappa shape index (κ1) is 16.1. The summed E-state index contributed by atoms with van der Waals surface area (Å²) >= 11 is 0. The summed E-state index contributed by atoms with van der Waals surface area (Å²) in [6.07, 6.45) is 0.658. The zero-order valence-corrected chi connectivity index (χ0v) is 15.2. The normalized spacial score (nSPS) is 20.9. The number of hydrogen-bond donors (Lipinski definition) is 1. The number of anilines is 1. The smallest absolute Gasteiger partial charge is 0.254 e. The second kappa shape index (κ2) is 5.68. The van der Waals surface area contributed by atoms with Gasteiger partial charge in [-0.05, 0) is 47.4 Å². The summed E-state index contributed by atoms with van der Waals surface area (Å²) in [4.78, 5) is 27.9. The zero-order valence-electron chi connectivity index (χ0n) is 15.2. The lowest BCUT2D eigenvalue weighted by Gasteiger charge is -2.23. The number of nitrogens with one attached hydrogen (secondary N) is 1. The van der Waals surface area contributed by atoms with Crippen LogP contribution in [0.2, 0.25) is 0 Å². The third kappa shape index (κ3) is 2.23. The number of amides is 2. The van der Waals surface area contributed by atoms with Gasteiger partial charge in [0.2, 0.25) is 5.91 Å². The van der Waals surface area contributed by atoms with Crippen molar-refractivity contribution in [1.29, 1.82) is 0 Å². The molecule has 2 heterocycles. The van der Waals surface area contributed by atoms with Crippen LogP contribution in [0.1, 0.15) is 27.9 Å². The van der Waals surface area contributed by atoms with E-state index in [1.807, 2.05) is 65.6 Å². The first-order chi connectivity index (χ1) is 13.1. The highest BCUT2D eigenvalue weighted by Crippen LogP contribution is 2.44. The van der Waals surface area contributed by atoms with Crippen LogP contribution in [0.15, 0.2) is 60.7 Å². The summed E-state index contributed by atoms with van der Waals surface area (Å²) in [6, 6.07) is 19.7. The monoisotopic (exact) mass is 356 g/mol. The van der Waals surface area contributed by atoms with Gasteiger partial charge >= 0.3 is 0 Å².